The molecule has 3 aromatic rings. The fourth-order valence-electron chi connectivity index (χ4n) is 4.15. The molecule has 0 spiro atoms. The van der Waals surface area contributed by atoms with E-state index in [1.165, 1.54) is 11.1 Å². The smallest absolute Gasteiger partial charge is 0.137 e. The first-order valence-corrected chi connectivity index (χ1v) is 11.1. The minimum absolute atomic E-state index is 0.304. The number of aryl methyl sites for hydroxylation is 2. The van der Waals surface area contributed by atoms with Crippen molar-refractivity contribution >= 4 is 17.7 Å². The van der Waals surface area contributed by atoms with Crippen molar-refractivity contribution in [2.45, 2.75) is 39.9 Å². The lowest BCUT2D eigenvalue weighted by molar-refractivity contribution is 0.158. The SMILES string of the molecule is Cc1cc(OCc2ccccc2)c(C2=Cc3ccc4c(c3OC2)C=CC(C)(C)O4)cc1C. The van der Waals surface area contributed by atoms with E-state index < -0.39 is 0 Å². The van der Waals surface area contributed by atoms with Crippen molar-refractivity contribution in [3.8, 4) is 17.2 Å². The van der Waals surface area contributed by atoms with Gasteiger partial charge in [-0.15, -0.1) is 0 Å². The molecule has 0 amide bonds. The predicted octanol–water partition coefficient (Wildman–Crippen LogP) is 7.00. The standard InChI is InChI=1S/C29H28O3/c1-19-14-25(27(15-20(19)2)30-17-21-8-6-5-7-9-21)23-16-22-10-11-26-24(28(22)31-18-23)12-13-29(3,4)32-26/h5-16H,17-18H2,1-4H3. The highest BCUT2D eigenvalue weighted by Gasteiger charge is 2.27. The van der Waals surface area contributed by atoms with Gasteiger partial charge in [-0.2, -0.15) is 0 Å². The molecule has 0 fully saturated rings. The molecule has 0 N–H and O–H groups in total. The van der Waals surface area contributed by atoms with E-state index in [1.54, 1.807) is 0 Å². The first-order valence-electron chi connectivity index (χ1n) is 11.1. The number of benzene rings is 3. The van der Waals surface area contributed by atoms with Gasteiger partial charge in [-0.25, -0.2) is 0 Å². The highest BCUT2D eigenvalue weighted by Crippen LogP contribution is 2.43. The molecular weight excluding hydrogens is 396 g/mol. The number of hydrogen-bond acceptors (Lipinski definition) is 3. The van der Waals surface area contributed by atoms with Crippen molar-refractivity contribution in [2.24, 2.45) is 0 Å². The molecule has 0 saturated carbocycles. The Kier molecular flexibility index (Phi) is 5.05. The largest absolute Gasteiger partial charge is 0.488 e. The third kappa shape index (κ3) is 3.91. The Balaban J connectivity index is 1.50. The highest BCUT2D eigenvalue weighted by molar-refractivity contribution is 5.90. The van der Waals surface area contributed by atoms with Crippen LogP contribution in [0.5, 0.6) is 17.2 Å². The Morgan fingerprint density at radius 1 is 0.969 bits per heavy atom. The van der Waals surface area contributed by atoms with Crippen LogP contribution in [0, 0.1) is 13.8 Å². The zero-order valence-corrected chi connectivity index (χ0v) is 19.1. The van der Waals surface area contributed by atoms with E-state index in [4.69, 9.17) is 14.2 Å². The van der Waals surface area contributed by atoms with Crippen LogP contribution in [0.1, 0.15) is 47.2 Å². The van der Waals surface area contributed by atoms with Gasteiger partial charge >= 0.3 is 0 Å². The molecule has 3 nitrogen and oxygen atoms in total. The third-order valence-electron chi connectivity index (χ3n) is 6.09. The molecule has 2 aliphatic heterocycles. The normalized spacial score (nSPS) is 15.7. The van der Waals surface area contributed by atoms with E-state index >= 15 is 0 Å². The summed E-state index contributed by atoms with van der Waals surface area (Å²) in [7, 11) is 0. The first kappa shape index (κ1) is 20.4. The van der Waals surface area contributed by atoms with Crippen LogP contribution < -0.4 is 14.2 Å². The van der Waals surface area contributed by atoms with Crippen molar-refractivity contribution in [2.75, 3.05) is 6.61 Å². The molecule has 0 aliphatic carbocycles. The van der Waals surface area contributed by atoms with Crippen molar-refractivity contribution in [1.82, 2.24) is 0 Å². The maximum Gasteiger partial charge on any atom is 0.137 e. The van der Waals surface area contributed by atoms with Crippen LogP contribution in [0.2, 0.25) is 0 Å². The summed E-state index contributed by atoms with van der Waals surface area (Å²) in [6.07, 6.45) is 6.41. The van der Waals surface area contributed by atoms with Crippen LogP contribution in [-0.2, 0) is 6.61 Å². The Labute approximate surface area is 190 Å². The van der Waals surface area contributed by atoms with Crippen LogP contribution in [-0.4, -0.2) is 12.2 Å². The van der Waals surface area contributed by atoms with Crippen molar-refractivity contribution in [3.05, 3.63) is 94.1 Å². The monoisotopic (exact) mass is 424 g/mol. The summed E-state index contributed by atoms with van der Waals surface area (Å²) in [4.78, 5) is 0. The lowest BCUT2D eigenvalue weighted by Gasteiger charge is -2.30. The number of ether oxygens (including phenoxy) is 3. The van der Waals surface area contributed by atoms with Gasteiger partial charge in [-0.3, -0.25) is 0 Å². The number of hydrogen-bond donors (Lipinski definition) is 0. The summed E-state index contributed by atoms with van der Waals surface area (Å²) in [5.41, 5.74) is 7.57. The minimum atomic E-state index is -0.304. The van der Waals surface area contributed by atoms with E-state index in [0.717, 1.165) is 45.1 Å². The quantitative estimate of drug-likeness (QED) is 0.451. The highest BCUT2D eigenvalue weighted by atomic mass is 16.5. The lowest BCUT2D eigenvalue weighted by atomic mass is 9.94. The second kappa shape index (κ2) is 7.90. The summed E-state index contributed by atoms with van der Waals surface area (Å²) < 4.78 is 18.7. The second-order valence-electron chi connectivity index (χ2n) is 9.10. The Morgan fingerprint density at radius 2 is 1.75 bits per heavy atom. The molecule has 0 radical (unpaired) electrons. The van der Waals surface area contributed by atoms with Gasteiger partial charge in [-0.05, 0) is 86.9 Å². The fourth-order valence-corrected chi connectivity index (χ4v) is 4.15. The molecule has 5 rings (SSSR count). The predicted molar refractivity (Wildman–Crippen MR) is 130 cm³/mol. The molecular formula is C29H28O3. The van der Waals surface area contributed by atoms with Crippen molar-refractivity contribution < 1.29 is 14.2 Å². The molecule has 0 atom stereocenters. The van der Waals surface area contributed by atoms with Crippen molar-refractivity contribution in [1.29, 1.82) is 0 Å². The zero-order chi connectivity index (χ0) is 22.3. The molecule has 0 unspecified atom stereocenters. The summed E-state index contributed by atoms with van der Waals surface area (Å²) in [6.45, 7) is 9.40. The van der Waals surface area contributed by atoms with Crippen LogP contribution >= 0.6 is 0 Å². The average Bonchev–Trinajstić information content (AvgIpc) is 2.79. The van der Waals surface area contributed by atoms with Crippen molar-refractivity contribution in [3.63, 3.8) is 0 Å². The molecule has 32 heavy (non-hydrogen) atoms. The maximum absolute atomic E-state index is 6.29. The van der Waals surface area contributed by atoms with Gasteiger partial charge in [-0.1, -0.05) is 30.3 Å². The fraction of sp³-hybridized carbons (Fsp3) is 0.241. The minimum Gasteiger partial charge on any atom is -0.488 e. The molecule has 2 aliphatic rings. The zero-order valence-electron chi connectivity index (χ0n) is 19.1. The Bertz CT molecular complexity index is 1230. The molecule has 3 heteroatoms. The van der Waals surface area contributed by atoms with Gasteiger partial charge in [0.25, 0.3) is 0 Å². The van der Waals surface area contributed by atoms with E-state index in [1.807, 2.05) is 24.3 Å². The van der Waals surface area contributed by atoms with Gasteiger partial charge in [0.2, 0.25) is 0 Å². The number of fused-ring (bicyclic) bond motifs is 3. The van der Waals surface area contributed by atoms with Crippen LogP contribution in [0.3, 0.4) is 0 Å². The van der Waals surface area contributed by atoms with Gasteiger partial charge in [0, 0.05) is 16.7 Å². The van der Waals surface area contributed by atoms with E-state index in [0.29, 0.717) is 13.2 Å². The maximum atomic E-state index is 6.29. The lowest BCUT2D eigenvalue weighted by Crippen LogP contribution is -2.27. The van der Waals surface area contributed by atoms with Gasteiger partial charge in [0.05, 0.1) is 5.56 Å². The topological polar surface area (TPSA) is 27.7 Å². The molecule has 3 aromatic carbocycles. The van der Waals surface area contributed by atoms with E-state index in [2.05, 4.69) is 76.3 Å². The molecule has 0 bridgehead atoms. The summed E-state index contributed by atoms with van der Waals surface area (Å²) in [5, 5.41) is 0. The van der Waals surface area contributed by atoms with Crippen LogP contribution in [0.15, 0.2) is 60.7 Å². The average molecular weight is 425 g/mol. The Hall–Kier alpha value is -3.46. The second-order valence-corrected chi connectivity index (χ2v) is 9.10. The molecule has 2 heterocycles. The molecule has 0 saturated heterocycles. The van der Waals surface area contributed by atoms with Crippen LogP contribution in [0.25, 0.3) is 17.7 Å². The number of rotatable bonds is 4. The van der Waals surface area contributed by atoms with Gasteiger partial charge < -0.3 is 14.2 Å². The van der Waals surface area contributed by atoms with Gasteiger partial charge in [0.15, 0.2) is 0 Å². The summed E-state index contributed by atoms with van der Waals surface area (Å²) in [5.74, 6) is 2.64. The van der Waals surface area contributed by atoms with E-state index in [9.17, 15) is 0 Å². The summed E-state index contributed by atoms with van der Waals surface area (Å²) >= 11 is 0. The van der Waals surface area contributed by atoms with E-state index in [-0.39, 0.29) is 5.60 Å². The van der Waals surface area contributed by atoms with Crippen LogP contribution in [0.4, 0.5) is 0 Å². The third-order valence-corrected chi connectivity index (χ3v) is 6.09. The first-order chi connectivity index (χ1) is 15.4. The summed E-state index contributed by atoms with van der Waals surface area (Å²) in [6, 6.07) is 18.7. The Morgan fingerprint density at radius 3 is 2.56 bits per heavy atom. The molecule has 0 aromatic heterocycles. The molecule has 162 valence electrons. The van der Waals surface area contributed by atoms with Gasteiger partial charge in [0.1, 0.15) is 36.1 Å².